The number of rotatable bonds is 4. The fourth-order valence-corrected chi connectivity index (χ4v) is 3.76. The molecular formula is C19H31N3O2. The Labute approximate surface area is 145 Å². The number of hydrogen-bond donors (Lipinski definition) is 0. The zero-order chi connectivity index (χ0) is 17.3. The predicted octanol–water partition coefficient (Wildman–Crippen LogP) is 3.23. The molecule has 24 heavy (non-hydrogen) atoms. The first-order chi connectivity index (χ1) is 11.5. The lowest BCUT2D eigenvalue weighted by Crippen LogP contribution is -2.41. The molecule has 0 unspecified atom stereocenters. The number of amides is 1. The predicted molar refractivity (Wildman–Crippen MR) is 93.3 cm³/mol. The van der Waals surface area contributed by atoms with Crippen LogP contribution in [-0.4, -0.2) is 40.5 Å². The summed E-state index contributed by atoms with van der Waals surface area (Å²) in [5.74, 6) is 2.32. The van der Waals surface area contributed by atoms with Gasteiger partial charge in [-0.05, 0) is 52.5 Å². The van der Waals surface area contributed by atoms with Crippen LogP contribution in [0.25, 0.3) is 0 Å². The van der Waals surface area contributed by atoms with Gasteiger partial charge in [-0.15, -0.1) is 0 Å². The normalized spacial score (nSPS) is 24.5. The van der Waals surface area contributed by atoms with E-state index in [2.05, 4.69) is 37.9 Å². The molecule has 0 spiro atoms. The molecule has 2 aliphatic rings. The lowest BCUT2D eigenvalue weighted by Gasteiger charge is -2.33. The van der Waals surface area contributed by atoms with Crippen molar-refractivity contribution in [2.45, 2.75) is 72.0 Å². The summed E-state index contributed by atoms with van der Waals surface area (Å²) in [6, 6.07) is 0.461. The van der Waals surface area contributed by atoms with Crippen LogP contribution in [-0.2, 0) is 24.3 Å². The average molecular weight is 333 g/mol. The number of carbonyl (C=O) groups excluding carboxylic acids is 1. The monoisotopic (exact) mass is 333 g/mol. The van der Waals surface area contributed by atoms with Crippen molar-refractivity contribution in [3.63, 3.8) is 0 Å². The highest BCUT2D eigenvalue weighted by molar-refractivity contribution is 5.79. The van der Waals surface area contributed by atoms with E-state index in [0.717, 1.165) is 55.3 Å². The van der Waals surface area contributed by atoms with Gasteiger partial charge < -0.3 is 9.42 Å². The van der Waals surface area contributed by atoms with E-state index in [0.29, 0.717) is 18.5 Å². The second-order valence-electron chi connectivity index (χ2n) is 8.01. The SMILES string of the molecule is CC1CCC(C(=O)N2CCc3onc(CN(C)C(C)C)c3C2)CC1. The Morgan fingerprint density at radius 3 is 2.71 bits per heavy atom. The van der Waals surface area contributed by atoms with Gasteiger partial charge in [0.2, 0.25) is 5.91 Å². The molecule has 0 radical (unpaired) electrons. The molecule has 1 aliphatic carbocycles. The molecule has 1 saturated carbocycles. The van der Waals surface area contributed by atoms with Crippen molar-refractivity contribution in [3.8, 4) is 0 Å². The van der Waals surface area contributed by atoms with E-state index in [-0.39, 0.29) is 5.92 Å². The number of aromatic nitrogens is 1. The second-order valence-corrected chi connectivity index (χ2v) is 8.01. The Bertz CT molecular complexity index is 573. The molecular weight excluding hydrogens is 302 g/mol. The van der Waals surface area contributed by atoms with E-state index < -0.39 is 0 Å². The van der Waals surface area contributed by atoms with Crippen molar-refractivity contribution in [1.82, 2.24) is 15.0 Å². The van der Waals surface area contributed by atoms with Crippen LogP contribution in [0, 0.1) is 11.8 Å². The first kappa shape index (κ1) is 17.5. The van der Waals surface area contributed by atoms with Crippen molar-refractivity contribution in [3.05, 3.63) is 17.0 Å². The van der Waals surface area contributed by atoms with Crippen molar-refractivity contribution >= 4 is 5.91 Å². The third kappa shape index (κ3) is 3.66. The van der Waals surface area contributed by atoms with Gasteiger partial charge in [0, 0.05) is 37.0 Å². The largest absolute Gasteiger partial charge is 0.361 e. The number of fused-ring (bicyclic) bond motifs is 1. The molecule has 1 aliphatic heterocycles. The Kier molecular flexibility index (Phi) is 5.28. The summed E-state index contributed by atoms with van der Waals surface area (Å²) in [6.07, 6.45) is 5.27. The van der Waals surface area contributed by atoms with Gasteiger partial charge >= 0.3 is 0 Å². The molecule has 1 fully saturated rings. The molecule has 0 saturated heterocycles. The molecule has 1 amide bonds. The summed E-state index contributed by atoms with van der Waals surface area (Å²) in [4.78, 5) is 17.2. The first-order valence-corrected chi connectivity index (χ1v) is 9.41. The summed E-state index contributed by atoms with van der Waals surface area (Å²) < 4.78 is 5.54. The van der Waals surface area contributed by atoms with Crippen LogP contribution in [0.2, 0.25) is 0 Å². The van der Waals surface area contributed by atoms with E-state index in [9.17, 15) is 4.79 Å². The molecule has 2 heterocycles. The highest BCUT2D eigenvalue weighted by atomic mass is 16.5. The van der Waals surface area contributed by atoms with Crippen molar-refractivity contribution < 1.29 is 9.32 Å². The second kappa shape index (κ2) is 7.26. The molecule has 5 heteroatoms. The van der Waals surface area contributed by atoms with Gasteiger partial charge in [0.1, 0.15) is 11.5 Å². The lowest BCUT2D eigenvalue weighted by atomic mass is 9.82. The van der Waals surface area contributed by atoms with Crippen LogP contribution in [0.15, 0.2) is 4.52 Å². The third-order valence-electron chi connectivity index (χ3n) is 5.87. The summed E-state index contributed by atoms with van der Waals surface area (Å²) in [5.41, 5.74) is 2.14. The molecule has 1 aromatic heterocycles. The Balaban J connectivity index is 1.67. The van der Waals surface area contributed by atoms with Crippen LogP contribution < -0.4 is 0 Å². The smallest absolute Gasteiger partial charge is 0.225 e. The van der Waals surface area contributed by atoms with E-state index in [1.54, 1.807) is 0 Å². The lowest BCUT2D eigenvalue weighted by molar-refractivity contribution is -0.137. The Morgan fingerprint density at radius 1 is 1.33 bits per heavy atom. The quantitative estimate of drug-likeness (QED) is 0.849. The maximum Gasteiger partial charge on any atom is 0.225 e. The topological polar surface area (TPSA) is 49.6 Å². The number of hydrogen-bond acceptors (Lipinski definition) is 4. The minimum Gasteiger partial charge on any atom is -0.361 e. The van der Waals surface area contributed by atoms with Gasteiger partial charge in [-0.1, -0.05) is 12.1 Å². The Hall–Kier alpha value is -1.36. The van der Waals surface area contributed by atoms with Crippen LogP contribution in [0.3, 0.4) is 0 Å². The van der Waals surface area contributed by atoms with Gasteiger partial charge in [0.25, 0.3) is 0 Å². The zero-order valence-electron chi connectivity index (χ0n) is 15.5. The molecule has 3 rings (SSSR count). The summed E-state index contributed by atoms with van der Waals surface area (Å²) in [5, 5.41) is 4.28. The molecule has 0 bridgehead atoms. The Morgan fingerprint density at radius 2 is 2.04 bits per heavy atom. The average Bonchev–Trinajstić information content (AvgIpc) is 2.97. The molecule has 0 N–H and O–H groups in total. The van der Waals surface area contributed by atoms with Gasteiger partial charge in [-0.3, -0.25) is 9.69 Å². The zero-order valence-corrected chi connectivity index (χ0v) is 15.5. The molecule has 134 valence electrons. The van der Waals surface area contributed by atoms with Crippen LogP contribution >= 0.6 is 0 Å². The van der Waals surface area contributed by atoms with Crippen molar-refractivity contribution in [1.29, 1.82) is 0 Å². The fraction of sp³-hybridized carbons (Fsp3) is 0.789. The van der Waals surface area contributed by atoms with Gasteiger partial charge in [-0.2, -0.15) is 0 Å². The fourth-order valence-electron chi connectivity index (χ4n) is 3.76. The number of carbonyl (C=O) groups is 1. The van der Waals surface area contributed by atoms with Crippen molar-refractivity contribution in [2.75, 3.05) is 13.6 Å². The standard InChI is InChI=1S/C19H31N3O2/c1-13(2)21(4)12-17-16-11-22(10-9-18(16)24-20-17)19(23)15-7-5-14(3)6-8-15/h13-15H,5-12H2,1-4H3. The molecule has 0 atom stereocenters. The van der Waals surface area contributed by atoms with Crippen LogP contribution in [0.4, 0.5) is 0 Å². The summed E-state index contributed by atoms with van der Waals surface area (Å²) >= 11 is 0. The van der Waals surface area contributed by atoms with Crippen LogP contribution in [0.1, 0.15) is 63.5 Å². The van der Waals surface area contributed by atoms with E-state index in [1.165, 1.54) is 12.8 Å². The van der Waals surface area contributed by atoms with E-state index in [1.807, 2.05) is 4.90 Å². The first-order valence-electron chi connectivity index (χ1n) is 9.41. The maximum absolute atomic E-state index is 12.9. The minimum atomic E-state index is 0.226. The molecule has 5 nitrogen and oxygen atoms in total. The van der Waals surface area contributed by atoms with Crippen LogP contribution in [0.5, 0.6) is 0 Å². The highest BCUT2D eigenvalue weighted by Crippen LogP contribution is 2.31. The summed E-state index contributed by atoms with van der Waals surface area (Å²) in [7, 11) is 2.10. The number of nitrogens with zero attached hydrogens (tertiary/aromatic N) is 3. The third-order valence-corrected chi connectivity index (χ3v) is 5.87. The van der Waals surface area contributed by atoms with Gasteiger partial charge in [0.15, 0.2) is 0 Å². The molecule has 1 aromatic rings. The highest BCUT2D eigenvalue weighted by Gasteiger charge is 2.32. The van der Waals surface area contributed by atoms with Crippen molar-refractivity contribution in [2.24, 2.45) is 11.8 Å². The van der Waals surface area contributed by atoms with E-state index in [4.69, 9.17) is 4.52 Å². The molecule has 0 aromatic carbocycles. The maximum atomic E-state index is 12.9. The summed E-state index contributed by atoms with van der Waals surface area (Å²) in [6.45, 7) is 8.86. The van der Waals surface area contributed by atoms with Gasteiger partial charge in [-0.25, -0.2) is 0 Å². The minimum absolute atomic E-state index is 0.226. The van der Waals surface area contributed by atoms with E-state index >= 15 is 0 Å². The van der Waals surface area contributed by atoms with Gasteiger partial charge in [0.05, 0.1) is 6.54 Å².